The zero-order valence-corrected chi connectivity index (χ0v) is 15.1. The number of unbranched alkanes of at least 4 members (excludes halogenated alkanes) is 6. The van der Waals surface area contributed by atoms with Crippen molar-refractivity contribution < 1.29 is 5.11 Å². The quantitative estimate of drug-likeness (QED) is 0.432. The molecule has 0 aliphatic heterocycles. The van der Waals surface area contributed by atoms with Gasteiger partial charge in [-0.15, -0.1) is 0 Å². The van der Waals surface area contributed by atoms with Crippen LogP contribution in [0.25, 0.3) is 0 Å². The molecule has 0 saturated carbocycles. The summed E-state index contributed by atoms with van der Waals surface area (Å²) < 4.78 is 0. The predicted octanol–water partition coefficient (Wildman–Crippen LogP) is 6.59. The van der Waals surface area contributed by atoms with Gasteiger partial charge in [-0.25, -0.2) is 0 Å². The number of hydrogen-bond donors (Lipinski definition) is 1. The fraction of sp³-hybridized carbons (Fsp3) is 0.714. The third kappa shape index (κ3) is 6.42. The van der Waals surface area contributed by atoms with Crippen molar-refractivity contribution in [1.82, 2.24) is 0 Å². The first-order valence-corrected chi connectivity index (χ1v) is 9.57. The van der Waals surface area contributed by atoms with Crippen molar-refractivity contribution in [3.05, 3.63) is 28.8 Å². The summed E-state index contributed by atoms with van der Waals surface area (Å²) in [6, 6.07) is 4.10. The average Bonchev–Trinajstić information content (AvgIpc) is 2.53. The first-order chi connectivity index (χ1) is 10.7. The van der Waals surface area contributed by atoms with Crippen molar-refractivity contribution in [3.8, 4) is 5.75 Å². The van der Waals surface area contributed by atoms with E-state index in [1.54, 1.807) is 0 Å². The van der Waals surface area contributed by atoms with Gasteiger partial charge in [0.1, 0.15) is 5.75 Å². The number of benzene rings is 1. The summed E-state index contributed by atoms with van der Waals surface area (Å²) in [5.74, 6) is 0.529. The standard InChI is InChI=1S/C21H36O/c1-4-7-10-11-12-15-20-19(14-9-6-3)18(13-8-5-2)16-17-21(20)22/h16-17,22H,4-15H2,1-3H3. The Morgan fingerprint density at radius 3 is 1.91 bits per heavy atom. The van der Waals surface area contributed by atoms with Crippen LogP contribution >= 0.6 is 0 Å². The molecule has 0 aliphatic carbocycles. The van der Waals surface area contributed by atoms with Gasteiger partial charge in [-0.3, -0.25) is 0 Å². The molecule has 1 N–H and O–H groups in total. The first kappa shape index (κ1) is 19.1. The van der Waals surface area contributed by atoms with Crippen LogP contribution in [0.2, 0.25) is 0 Å². The molecule has 0 radical (unpaired) electrons. The lowest BCUT2D eigenvalue weighted by molar-refractivity contribution is 0.464. The lowest BCUT2D eigenvalue weighted by Gasteiger charge is -2.16. The van der Waals surface area contributed by atoms with E-state index in [9.17, 15) is 5.11 Å². The van der Waals surface area contributed by atoms with Crippen LogP contribution in [0.3, 0.4) is 0 Å². The zero-order chi connectivity index (χ0) is 16.2. The summed E-state index contributed by atoms with van der Waals surface area (Å²) in [6.45, 7) is 6.76. The molecule has 0 unspecified atom stereocenters. The van der Waals surface area contributed by atoms with Gasteiger partial charge < -0.3 is 5.11 Å². The first-order valence-electron chi connectivity index (χ1n) is 9.57. The molecular formula is C21H36O. The van der Waals surface area contributed by atoms with Crippen molar-refractivity contribution in [1.29, 1.82) is 0 Å². The van der Waals surface area contributed by atoms with E-state index in [-0.39, 0.29) is 0 Å². The van der Waals surface area contributed by atoms with Crippen molar-refractivity contribution in [2.45, 2.75) is 97.8 Å². The molecule has 0 aromatic heterocycles. The molecule has 1 heteroatoms. The number of hydrogen-bond acceptors (Lipinski definition) is 1. The second-order valence-electron chi connectivity index (χ2n) is 6.57. The Labute approximate surface area is 138 Å². The molecule has 0 amide bonds. The largest absolute Gasteiger partial charge is 0.508 e. The maximum atomic E-state index is 10.3. The van der Waals surface area contributed by atoms with Gasteiger partial charge >= 0.3 is 0 Å². The van der Waals surface area contributed by atoms with Crippen molar-refractivity contribution in [3.63, 3.8) is 0 Å². The molecule has 1 rings (SSSR count). The summed E-state index contributed by atoms with van der Waals surface area (Å²) in [6.07, 6.45) is 14.7. The van der Waals surface area contributed by atoms with Crippen LogP contribution in [0.1, 0.15) is 95.2 Å². The minimum absolute atomic E-state index is 0.529. The van der Waals surface area contributed by atoms with Crippen molar-refractivity contribution >= 4 is 0 Å². The Hall–Kier alpha value is -0.980. The third-order valence-electron chi connectivity index (χ3n) is 4.61. The summed E-state index contributed by atoms with van der Waals surface area (Å²) in [4.78, 5) is 0. The zero-order valence-electron chi connectivity index (χ0n) is 15.1. The van der Waals surface area contributed by atoms with Gasteiger partial charge in [-0.1, -0.05) is 65.4 Å². The van der Waals surface area contributed by atoms with E-state index in [0.717, 1.165) is 12.8 Å². The number of rotatable bonds is 12. The normalized spacial score (nSPS) is 11.0. The van der Waals surface area contributed by atoms with E-state index in [1.807, 2.05) is 6.07 Å². The summed E-state index contributed by atoms with van der Waals surface area (Å²) in [5.41, 5.74) is 4.20. The van der Waals surface area contributed by atoms with E-state index in [2.05, 4.69) is 26.8 Å². The topological polar surface area (TPSA) is 20.2 Å². The Kier molecular flexibility index (Phi) is 10.0. The van der Waals surface area contributed by atoms with Crippen LogP contribution < -0.4 is 0 Å². The van der Waals surface area contributed by atoms with Crippen LogP contribution in [-0.2, 0) is 19.3 Å². The number of aryl methyl sites for hydroxylation is 1. The highest BCUT2D eigenvalue weighted by molar-refractivity contribution is 5.45. The van der Waals surface area contributed by atoms with Gasteiger partial charge in [0.2, 0.25) is 0 Å². The Morgan fingerprint density at radius 1 is 0.636 bits per heavy atom. The molecule has 22 heavy (non-hydrogen) atoms. The van der Waals surface area contributed by atoms with E-state index >= 15 is 0 Å². The smallest absolute Gasteiger partial charge is 0.119 e. The molecule has 1 aromatic carbocycles. The number of phenolic OH excluding ortho intramolecular Hbond substituents is 1. The average molecular weight is 305 g/mol. The number of phenols is 1. The predicted molar refractivity (Wildman–Crippen MR) is 97.8 cm³/mol. The molecule has 0 heterocycles. The Morgan fingerprint density at radius 2 is 1.23 bits per heavy atom. The molecule has 126 valence electrons. The van der Waals surface area contributed by atoms with Crippen LogP contribution in [0.5, 0.6) is 5.75 Å². The van der Waals surface area contributed by atoms with Crippen LogP contribution in [0.15, 0.2) is 12.1 Å². The molecule has 1 aromatic rings. The molecule has 0 spiro atoms. The fourth-order valence-corrected chi connectivity index (χ4v) is 3.18. The molecule has 1 nitrogen and oxygen atoms in total. The highest BCUT2D eigenvalue weighted by Crippen LogP contribution is 2.29. The highest BCUT2D eigenvalue weighted by Gasteiger charge is 2.12. The lowest BCUT2D eigenvalue weighted by Crippen LogP contribution is -2.02. The van der Waals surface area contributed by atoms with Crippen molar-refractivity contribution in [2.24, 2.45) is 0 Å². The minimum Gasteiger partial charge on any atom is -0.508 e. The molecule has 0 bridgehead atoms. The fourth-order valence-electron chi connectivity index (χ4n) is 3.18. The van der Waals surface area contributed by atoms with Crippen LogP contribution in [-0.4, -0.2) is 5.11 Å². The maximum absolute atomic E-state index is 10.3. The van der Waals surface area contributed by atoms with Crippen LogP contribution in [0, 0.1) is 0 Å². The molecular weight excluding hydrogens is 268 g/mol. The van der Waals surface area contributed by atoms with Gasteiger partial charge in [0.25, 0.3) is 0 Å². The van der Waals surface area contributed by atoms with Gasteiger partial charge in [-0.05, 0) is 61.3 Å². The SMILES string of the molecule is CCCCCCCc1c(O)ccc(CCCC)c1CCCC. The Bertz CT molecular complexity index is 409. The number of aromatic hydroxyl groups is 1. The second kappa shape index (κ2) is 11.6. The highest BCUT2D eigenvalue weighted by atomic mass is 16.3. The van der Waals surface area contributed by atoms with Gasteiger partial charge in [0.05, 0.1) is 0 Å². The summed E-state index contributed by atoms with van der Waals surface area (Å²) in [5, 5.41) is 10.3. The Balaban J connectivity index is 2.80. The van der Waals surface area contributed by atoms with E-state index < -0.39 is 0 Å². The molecule has 0 saturated heterocycles. The van der Waals surface area contributed by atoms with Gasteiger partial charge in [0.15, 0.2) is 0 Å². The van der Waals surface area contributed by atoms with Gasteiger partial charge in [0, 0.05) is 0 Å². The minimum atomic E-state index is 0.529. The maximum Gasteiger partial charge on any atom is 0.119 e. The molecule has 0 atom stereocenters. The van der Waals surface area contributed by atoms with E-state index in [0.29, 0.717) is 5.75 Å². The van der Waals surface area contributed by atoms with Crippen molar-refractivity contribution in [2.75, 3.05) is 0 Å². The lowest BCUT2D eigenvalue weighted by atomic mass is 9.90. The summed E-state index contributed by atoms with van der Waals surface area (Å²) >= 11 is 0. The monoisotopic (exact) mass is 304 g/mol. The third-order valence-corrected chi connectivity index (χ3v) is 4.61. The molecule has 0 fully saturated rings. The molecule has 0 aliphatic rings. The van der Waals surface area contributed by atoms with E-state index in [1.165, 1.54) is 80.9 Å². The van der Waals surface area contributed by atoms with Crippen LogP contribution in [0.4, 0.5) is 0 Å². The van der Waals surface area contributed by atoms with Gasteiger partial charge in [-0.2, -0.15) is 0 Å². The second-order valence-corrected chi connectivity index (χ2v) is 6.57. The van der Waals surface area contributed by atoms with E-state index in [4.69, 9.17) is 0 Å². The summed E-state index contributed by atoms with van der Waals surface area (Å²) in [7, 11) is 0.